The number of anilines is 1. The largest absolute Gasteiger partial charge is 0.397 e. The molecule has 0 spiro atoms. The van der Waals surface area contributed by atoms with E-state index in [1.165, 1.54) is 6.42 Å². The number of nitrogen functional groups attached to an aromatic ring is 1. The molecule has 1 aliphatic rings. The number of hydrogen-bond acceptors (Lipinski definition) is 3. The van der Waals surface area contributed by atoms with Crippen LogP contribution in [0.5, 0.6) is 0 Å². The summed E-state index contributed by atoms with van der Waals surface area (Å²) < 4.78 is 7.43. The third kappa shape index (κ3) is 3.04. The predicted octanol–water partition coefficient (Wildman–Crippen LogP) is 1.39. The molecule has 1 saturated heterocycles. The number of carbonyl (C=O) groups is 1. The molecule has 1 atom stereocenters. The standard InChI is InChI=1S/C13H21N3O2/c1-2-16-9-10(14)7-12(16)13(17)15-8-11-5-3-4-6-18-11/h7,9,11H,2-6,8,14H2,1H3,(H,15,17). The molecule has 0 saturated carbocycles. The number of carbonyl (C=O) groups excluding carboxylic acids is 1. The van der Waals surface area contributed by atoms with Gasteiger partial charge < -0.3 is 20.4 Å². The Bertz CT molecular complexity index is 408. The fourth-order valence-corrected chi connectivity index (χ4v) is 2.25. The van der Waals surface area contributed by atoms with Crippen LogP contribution in [0.1, 0.15) is 36.7 Å². The number of aromatic nitrogens is 1. The monoisotopic (exact) mass is 251 g/mol. The Morgan fingerprint density at radius 2 is 2.44 bits per heavy atom. The van der Waals surface area contributed by atoms with Crippen molar-refractivity contribution in [1.29, 1.82) is 0 Å². The molecule has 0 aromatic carbocycles. The Hall–Kier alpha value is -1.49. The first kappa shape index (κ1) is 13.0. The fraction of sp³-hybridized carbons (Fsp3) is 0.615. The summed E-state index contributed by atoms with van der Waals surface area (Å²) in [6.45, 7) is 4.10. The highest BCUT2D eigenvalue weighted by molar-refractivity contribution is 5.93. The second-order valence-corrected chi connectivity index (χ2v) is 4.64. The van der Waals surface area contributed by atoms with Gasteiger partial charge in [0, 0.05) is 25.9 Å². The maximum atomic E-state index is 12.0. The molecule has 3 N–H and O–H groups in total. The van der Waals surface area contributed by atoms with Gasteiger partial charge in [0.15, 0.2) is 0 Å². The molecule has 1 fully saturated rings. The molecular formula is C13H21N3O2. The summed E-state index contributed by atoms with van der Waals surface area (Å²) in [5, 5.41) is 2.92. The van der Waals surface area contributed by atoms with E-state index >= 15 is 0 Å². The van der Waals surface area contributed by atoms with E-state index in [4.69, 9.17) is 10.5 Å². The number of rotatable bonds is 4. The first-order chi connectivity index (χ1) is 8.70. The molecule has 18 heavy (non-hydrogen) atoms. The molecule has 0 aliphatic carbocycles. The Labute approximate surface area is 107 Å². The van der Waals surface area contributed by atoms with Gasteiger partial charge in [-0.1, -0.05) is 0 Å². The third-order valence-corrected chi connectivity index (χ3v) is 3.26. The summed E-state index contributed by atoms with van der Waals surface area (Å²) in [6, 6.07) is 1.71. The number of nitrogens with zero attached hydrogens (tertiary/aromatic N) is 1. The van der Waals surface area contributed by atoms with Gasteiger partial charge >= 0.3 is 0 Å². The van der Waals surface area contributed by atoms with Crippen molar-refractivity contribution in [3.63, 3.8) is 0 Å². The first-order valence-electron chi connectivity index (χ1n) is 6.56. The number of ether oxygens (including phenoxy) is 1. The maximum absolute atomic E-state index is 12.0. The summed E-state index contributed by atoms with van der Waals surface area (Å²) in [5.41, 5.74) is 6.94. The fourth-order valence-electron chi connectivity index (χ4n) is 2.25. The molecule has 5 nitrogen and oxygen atoms in total. The summed E-state index contributed by atoms with van der Waals surface area (Å²) >= 11 is 0. The highest BCUT2D eigenvalue weighted by Gasteiger charge is 2.17. The Morgan fingerprint density at radius 3 is 3.11 bits per heavy atom. The van der Waals surface area contributed by atoms with E-state index in [9.17, 15) is 4.79 Å². The van der Waals surface area contributed by atoms with Crippen molar-refractivity contribution in [3.8, 4) is 0 Å². The van der Waals surface area contributed by atoms with Gasteiger partial charge in [0.1, 0.15) is 5.69 Å². The van der Waals surface area contributed by atoms with Crippen molar-refractivity contribution in [1.82, 2.24) is 9.88 Å². The van der Waals surface area contributed by atoms with Crippen molar-refractivity contribution in [2.45, 2.75) is 38.8 Å². The van der Waals surface area contributed by atoms with Gasteiger partial charge in [0.05, 0.1) is 11.8 Å². The molecule has 1 aromatic rings. The van der Waals surface area contributed by atoms with Gasteiger partial charge in [-0.25, -0.2) is 0 Å². The minimum absolute atomic E-state index is 0.0808. The van der Waals surface area contributed by atoms with Gasteiger partial charge in [-0.05, 0) is 32.3 Å². The number of nitrogens with one attached hydrogen (secondary N) is 1. The minimum Gasteiger partial charge on any atom is -0.397 e. The number of amides is 1. The highest BCUT2D eigenvalue weighted by atomic mass is 16.5. The second-order valence-electron chi connectivity index (χ2n) is 4.64. The molecule has 0 bridgehead atoms. The zero-order chi connectivity index (χ0) is 13.0. The molecule has 1 aromatic heterocycles. The number of hydrogen-bond donors (Lipinski definition) is 2. The van der Waals surface area contributed by atoms with Crippen LogP contribution in [0.15, 0.2) is 12.3 Å². The van der Waals surface area contributed by atoms with Gasteiger partial charge in [0.25, 0.3) is 5.91 Å². The molecule has 1 aliphatic heterocycles. The van der Waals surface area contributed by atoms with E-state index in [-0.39, 0.29) is 12.0 Å². The van der Waals surface area contributed by atoms with Crippen LogP contribution < -0.4 is 11.1 Å². The average molecular weight is 251 g/mol. The Morgan fingerprint density at radius 1 is 1.61 bits per heavy atom. The molecule has 2 rings (SSSR count). The lowest BCUT2D eigenvalue weighted by Gasteiger charge is -2.22. The minimum atomic E-state index is -0.0808. The SMILES string of the molecule is CCn1cc(N)cc1C(=O)NCC1CCCCO1. The van der Waals surface area contributed by atoms with Gasteiger partial charge in [0.2, 0.25) is 0 Å². The zero-order valence-corrected chi connectivity index (χ0v) is 10.8. The summed E-state index contributed by atoms with van der Waals surface area (Å²) in [5.74, 6) is -0.0808. The average Bonchev–Trinajstić information content (AvgIpc) is 2.78. The van der Waals surface area contributed by atoms with E-state index in [1.54, 1.807) is 12.3 Å². The molecule has 100 valence electrons. The van der Waals surface area contributed by atoms with Gasteiger partial charge in [-0.15, -0.1) is 0 Å². The van der Waals surface area contributed by atoms with Crippen molar-refractivity contribution in [2.75, 3.05) is 18.9 Å². The maximum Gasteiger partial charge on any atom is 0.268 e. The molecule has 1 amide bonds. The number of aryl methyl sites for hydroxylation is 1. The third-order valence-electron chi connectivity index (χ3n) is 3.26. The molecule has 2 heterocycles. The smallest absolute Gasteiger partial charge is 0.268 e. The van der Waals surface area contributed by atoms with Crippen LogP contribution in [-0.2, 0) is 11.3 Å². The van der Waals surface area contributed by atoms with Crippen LogP contribution in [0, 0.1) is 0 Å². The predicted molar refractivity (Wildman–Crippen MR) is 70.4 cm³/mol. The summed E-state index contributed by atoms with van der Waals surface area (Å²) in [4.78, 5) is 12.0. The van der Waals surface area contributed by atoms with Crippen LogP contribution in [0.4, 0.5) is 5.69 Å². The van der Waals surface area contributed by atoms with E-state index < -0.39 is 0 Å². The van der Waals surface area contributed by atoms with Crippen LogP contribution in [0.2, 0.25) is 0 Å². The van der Waals surface area contributed by atoms with Crippen molar-refractivity contribution in [3.05, 3.63) is 18.0 Å². The highest BCUT2D eigenvalue weighted by Crippen LogP contribution is 2.13. The normalized spacial score (nSPS) is 19.7. The molecule has 5 heteroatoms. The lowest BCUT2D eigenvalue weighted by Crippen LogP contribution is -2.36. The topological polar surface area (TPSA) is 69.3 Å². The summed E-state index contributed by atoms with van der Waals surface area (Å²) in [7, 11) is 0. The van der Waals surface area contributed by atoms with E-state index in [0.29, 0.717) is 17.9 Å². The lowest BCUT2D eigenvalue weighted by molar-refractivity contribution is 0.0168. The van der Waals surface area contributed by atoms with Crippen LogP contribution in [-0.4, -0.2) is 29.7 Å². The number of nitrogens with two attached hydrogens (primary N) is 1. The summed E-state index contributed by atoms with van der Waals surface area (Å²) in [6.07, 6.45) is 5.27. The van der Waals surface area contributed by atoms with Gasteiger partial charge in [-0.3, -0.25) is 4.79 Å². The molecule has 0 radical (unpaired) electrons. The quantitative estimate of drug-likeness (QED) is 0.849. The van der Waals surface area contributed by atoms with E-state index in [0.717, 1.165) is 26.0 Å². The Kier molecular flexibility index (Phi) is 4.25. The second kappa shape index (κ2) is 5.91. The van der Waals surface area contributed by atoms with E-state index in [1.807, 2.05) is 11.5 Å². The van der Waals surface area contributed by atoms with E-state index in [2.05, 4.69) is 5.32 Å². The van der Waals surface area contributed by atoms with Crippen molar-refractivity contribution in [2.24, 2.45) is 0 Å². The van der Waals surface area contributed by atoms with Crippen molar-refractivity contribution < 1.29 is 9.53 Å². The first-order valence-corrected chi connectivity index (χ1v) is 6.56. The van der Waals surface area contributed by atoms with Gasteiger partial charge in [-0.2, -0.15) is 0 Å². The molecular weight excluding hydrogens is 230 g/mol. The molecule has 1 unspecified atom stereocenters. The van der Waals surface area contributed by atoms with Crippen LogP contribution in [0.25, 0.3) is 0 Å². The zero-order valence-electron chi connectivity index (χ0n) is 10.8. The lowest BCUT2D eigenvalue weighted by atomic mass is 10.1. The van der Waals surface area contributed by atoms with Crippen LogP contribution >= 0.6 is 0 Å². The Balaban J connectivity index is 1.90. The van der Waals surface area contributed by atoms with Crippen molar-refractivity contribution >= 4 is 11.6 Å². The van der Waals surface area contributed by atoms with Crippen LogP contribution in [0.3, 0.4) is 0 Å².